The molecule has 0 saturated carbocycles. The van der Waals surface area contributed by atoms with Crippen LogP contribution in [0.25, 0.3) is 0 Å². The molecule has 2 amide bonds. The molecular weight excluding hydrogens is 267 g/mol. The van der Waals surface area contributed by atoms with Gasteiger partial charge in [0.05, 0.1) is 0 Å². The zero-order valence-electron chi connectivity index (χ0n) is 9.40. The Kier molecular flexibility index (Phi) is 4.33. The summed E-state index contributed by atoms with van der Waals surface area (Å²) in [5.41, 5.74) is 9.94. The predicted molar refractivity (Wildman–Crippen MR) is 58.9 cm³/mol. The molecule has 5 N–H and O–H groups in total. The first kappa shape index (κ1) is 14.8. The Bertz CT molecular complexity index is 490. The number of halogens is 3. The topological polar surface area (TPSA) is 107 Å². The van der Waals surface area contributed by atoms with Crippen molar-refractivity contribution in [1.82, 2.24) is 0 Å². The second kappa shape index (κ2) is 5.57. The van der Waals surface area contributed by atoms with Gasteiger partial charge in [0, 0.05) is 11.8 Å². The summed E-state index contributed by atoms with van der Waals surface area (Å²) in [5.74, 6) is -2.50. The molecule has 19 heavy (non-hydrogen) atoms. The second-order valence-electron chi connectivity index (χ2n) is 3.44. The molecular formula is C10H10F3N3O3. The van der Waals surface area contributed by atoms with Crippen molar-refractivity contribution in [3.8, 4) is 5.75 Å². The lowest BCUT2D eigenvalue weighted by molar-refractivity contribution is -0.274. The normalized spacial score (nSPS) is 12.6. The number of primary amides is 1. The van der Waals surface area contributed by atoms with Crippen LogP contribution in [-0.2, 0) is 9.59 Å². The van der Waals surface area contributed by atoms with Gasteiger partial charge in [-0.1, -0.05) is 6.07 Å². The Morgan fingerprint density at radius 1 is 1.32 bits per heavy atom. The summed E-state index contributed by atoms with van der Waals surface area (Å²) in [6.45, 7) is 0. The average molecular weight is 277 g/mol. The van der Waals surface area contributed by atoms with E-state index in [-0.39, 0.29) is 5.69 Å². The zero-order valence-corrected chi connectivity index (χ0v) is 9.40. The quantitative estimate of drug-likeness (QED) is 0.689. The van der Waals surface area contributed by atoms with Gasteiger partial charge in [0.15, 0.2) is 6.04 Å². The van der Waals surface area contributed by atoms with Crippen LogP contribution in [0.4, 0.5) is 18.9 Å². The molecule has 0 heterocycles. The number of nitrogens with one attached hydrogen (secondary N) is 1. The van der Waals surface area contributed by atoms with Crippen molar-refractivity contribution >= 4 is 17.5 Å². The van der Waals surface area contributed by atoms with Crippen LogP contribution in [0.1, 0.15) is 0 Å². The van der Waals surface area contributed by atoms with Gasteiger partial charge in [0.1, 0.15) is 5.75 Å². The first-order valence-corrected chi connectivity index (χ1v) is 4.90. The van der Waals surface area contributed by atoms with Crippen LogP contribution in [-0.4, -0.2) is 24.2 Å². The van der Waals surface area contributed by atoms with Gasteiger partial charge in [-0.2, -0.15) is 0 Å². The molecule has 0 aliphatic heterocycles. The number of nitrogens with two attached hydrogens (primary N) is 2. The lowest BCUT2D eigenvalue weighted by Gasteiger charge is -2.12. The third kappa shape index (κ3) is 4.84. The number of carbonyl (C=O) groups is 2. The lowest BCUT2D eigenvalue weighted by atomic mass is 10.2. The number of hydrogen-bond acceptors (Lipinski definition) is 4. The van der Waals surface area contributed by atoms with E-state index >= 15 is 0 Å². The van der Waals surface area contributed by atoms with Gasteiger partial charge < -0.3 is 21.5 Å². The summed E-state index contributed by atoms with van der Waals surface area (Å²) in [6.07, 6.45) is -4.84. The third-order valence-electron chi connectivity index (χ3n) is 1.92. The Morgan fingerprint density at radius 2 is 1.95 bits per heavy atom. The van der Waals surface area contributed by atoms with E-state index in [4.69, 9.17) is 11.5 Å². The molecule has 0 bridgehead atoms. The van der Waals surface area contributed by atoms with Crippen LogP contribution < -0.4 is 21.5 Å². The highest BCUT2D eigenvalue weighted by Crippen LogP contribution is 2.24. The number of benzene rings is 1. The highest BCUT2D eigenvalue weighted by atomic mass is 19.4. The molecule has 104 valence electrons. The monoisotopic (exact) mass is 277 g/mol. The van der Waals surface area contributed by atoms with E-state index < -0.39 is 30.0 Å². The van der Waals surface area contributed by atoms with Crippen LogP contribution in [0, 0.1) is 0 Å². The van der Waals surface area contributed by atoms with Gasteiger partial charge in [0.25, 0.3) is 5.91 Å². The maximum atomic E-state index is 12.0. The summed E-state index contributed by atoms with van der Waals surface area (Å²) in [7, 11) is 0. The van der Waals surface area contributed by atoms with E-state index in [1.807, 2.05) is 0 Å². The van der Waals surface area contributed by atoms with Gasteiger partial charge in [-0.25, -0.2) is 0 Å². The maximum absolute atomic E-state index is 12.0. The van der Waals surface area contributed by atoms with Crippen LogP contribution in [0.15, 0.2) is 24.3 Å². The third-order valence-corrected chi connectivity index (χ3v) is 1.92. The molecule has 0 aliphatic carbocycles. The number of anilines is 1. The van der Waals surface area contributed by atoms with E-state index in [9.17, 15) is 22.8 Å². The molecule has 9 heteroatoms. The minimum absolute atomic E-state index is 0.0107. The Labute approximate surface area is 105 Å². The molecule has 1 unspecified atom stereocenters. The number of rotatable bonds is 4. The predicted octanol–water partition coefficient (Wildman–Crippen LogP) is 0.336. The number of ether oxygens (including phenoxy) is 1. The van der Waals surface area contributed by atoms with Crippen molar-refractivity contribution in [1.29, 1.82) is 0 Å². The summed E-state index contributed by atoms with van der Waals surface area (Å²) < 4.78 is 39.6. The van der Waals surface area contributed by atoms with Crippen LogP contribution in [0.2, 0.25) is 0 Å². The van der Waals surface area contributed by atoms with Gasteiger partial charge in [-0.05, 0) is 12.1 Å². The Morgan fingerprint density at radius 3 is 2.47 bits per heavy atom. The molecule has 0 fully saturated rings. The largest absolute Gasteiger partial charge is 0.573 e. The van der Waals surface area contributed by atoms with Gasteiger partial charge in [0.2, 0.25) is 5.91 Å². The van der Waals surface area contributed by atoms with Crippen molar-refractivity contribution in [3.63, 3.8) is 0 Å². The number of carbonyl (C=O) groups excluding carboxylic acids is 2. The molecule has 6 nitrogen and oxygen atoms in total. The van der Waals surface area contributed by atoms with Crippen molar-refractivity contribution in [2.45, 2.75) is 12.4 Å². The van der Waals surface area contributed by atoms with Gasteiger partial charge in [-0.3, -0.25) is 9.59 Å². The summed E-state index contributed by atoms with van der Waals surface area (Å²) in [6, 6.07) is 2.92. The molecule has 1 atom stereocenters. The molecule has 0 aliphatic rings. The summed E-state index contributed by atoms with van der Waals surface area (Å²) in [5, 5.41) is 2.14. The molecule has 1 aromatic rings. The summed E-state index contributed by atoms with van der Waals surface area (Å²) >= 11 is 0. The molecule has 0 aromatic heterocycles. The smallest absolute Gasteiger partial charge is 0.406 e. The molecule has 1 aromatic carbocycles. The molecule has 1 rings (SSSR count). The number of amides is 2. The van der Waals surface area contributed by atoms with Gasteiger partial charge >= 0.3 is 6.36 Å². The maximum Gasteiger partial charge on any atom is 0.573 e. The van der Waals surface area contributed by atoms with Gasteiger partial charge in [-0.15, -0.1) is 13.2 Å². The fraction of sp³-hybridized carbons (Fsp3) is 0.200. The second-order valence-corrected chi connectivity index (χ2v) is 3.44. The zero-order chi connectivity index (χ0) is 14.6. The van der Waals surface area contributed by atoms with E-state index in [2.05, 4.69) is 10.1 Å². The van der Waals surface area contributed by atoms with E-state index in [0.29, 0.717) is 0 Å². The van der Waals surface area contributed by atoms with Crippen LogP contribution >= 0.6 is 0 Å². The highest BCUT2D eigenvalue weighted by molar-refractivity contribution is 6.09. The first-order valence-electron chi connectivity index (χ1n) is 4.90. The van der Waals surface area contributed by atoms with Crippen molar-refractivity contribution in [2.24, 2.45) is 11.5 Å². The summed E-state index contributed by atoms with van der Waals surface area (Å²) in [4.78, 5) is 22.0. The van der Waals surface area contributed by atoms with Crippen molar-refractivity contribution < 1.29 is 27.5 Å². The Hall–Kier alpha value is -2.29. The van der Waals surface area contributed by atoms with E-state index in [0.717, 1.165) is 12.1 Å². The molecule has 0 spiro atoms. The Balaban J connectivity index is 2.78. The average Bonchev–Trinajstić information content (AvgIpc) is 2.25. The standard InChI is InChI=1S/C10H10F3N3O3/c11-10(12,13)19-6-3-1-2-5(4-6)16-9(18)7(14)8(15)17/h1-4,7H,14H2,(H2,15,17)(H,16,18). The minimum atomic E-state index is -4.84. The lowest BCUT2D eigenvalue weighted by Crippen LogP contribution is -2.46. The number of alkyl halides is 3. The first-order chi connectivity index (χ1) is 8.69. The fourth-order valence-corrected chi connectivity index (χ4v) is 1.12. The number of hydrogen-bond donors (Lipinski definition) is 3. The fourth-order valence-electron chi connectivity index (χ4n) is 1.12. The molecule has 0 radical (unpaired) electrons. The minimum Gasteiger partial charge on any atom is -0.406 e. The van der Waals surface area contributed by atoms with E-state index in [1.165, 1.54) is 12.1 Å². The van der Waals surface area contributed by atoms with Crippen molar-refractivity contribution in [2.75, 3.05) is 5.32 Å². The van der Waals surface area contributed by atoms with Crippen LogP contribution in [0.5, 0.6) is 5.75 Å². The highest BCUT2D eigenvalue weighted by Gasteiger charge is 2.31. The van der Waals surface area contributed by atoms with Crippen LogP contribution in [0.3, 0.4) is 0 Å². The molecule has 0 saturated heterocycles. The van der Waals surface area contributed by atoms with E-state index in [1.54, 1.807) is 0 Å². The van der Waals surface area contributed by atoms with Crippen molar-refractivity contribution in [3.05, 3.63) is 24.3 Å². The SMILES string of the molecule is NC(=O)C(N)C(=O)Nc1cccc(OC(F)(F)F)c1.